The van der Waals surface area contributed by atoms with Gasteiger partial charge in [-0.3, -0.25) is 0 Å². The first kappa shape index (κ1) is 21.1. The summed E-state index contributed by atoms with van der Waals surface area (Å²) in [6.45, 7) is 0.982. The van der Waals surface area contributed by atoms with Gasteiger partial charge in [0.15, 0.2) is 0 Å². The zero-order chi connectivity index (χ0) is 20.1. The van der Waals surface area contributed by atoms with Crippen LogP contribution in [0.15, 0.2) is 48.5 Å². The molecule has 2 aromatic carbocycles. The molecule has 1 atom stereocenters. The molecule has 0 aliphatic carbocycles. The van der Waals surface area contributed by atoms with E-state index >= 15 is 0 Å². The minimum Gasteiger partial charge on any atom is -0.488 e. The molecule has 0 saturated heterocycles. The molecule has 0 heterocycles. The van der Waals surface area contributed by atoms with Crippen LogP contribution in [0.4, 0.5) is 22.0 Å². The molecule has 2 N–H and O–H groups in total. The highest BCUT2D eigenvalue weighted by Crippen LogP contribution is 2.32. The van der Waals surface area contributed by atoms with E-state index in [4.69, 9.17) is 4.74 Å². The molecular formula is C19H20F5NO2. The van der Waals surface area contributed by atoms with Crippen LogP contribution in [0.1, 0.15) is 23.6 Å². The number of hydrogen-bond donors (Lipinski definition) is 2. The summed E-state index contributed by atoms with van der Waals surface area (Å²) in [5.41, 5.74) is -1.49. The highest BCUT2D eigenvalue weighted by atomic mass is 19.4. The van der Waals surface area contributed by atoms with Gasteiger partial charge >= 0.3 is 6.18 Å². The minimum absolute atomic E-state index is 0.00354. The van der Waals surface area contributed by atoms with Crippen molar-refractivity contribution >= 4 is 0 Å². The Bertz CT molecular complexity index is 747. The fourth-order valence-electron chi connectivity index (χ4n) is 2.49. The Morgan fingerprint density at radius 3 is 2.37 bits per heavy atom. The van der Waals surface area contributed by atoms with E-state index in [1.807, 2.05) is 0 Å². The Balaban J connectivity index is 1.97. The van der Waals surface area contributed by atoms with Crippen LogP contribution in [-0.4, -0.2) is 24.7 Å². The molecule has 27 heavy (non-hydrogen) atoms. The predicted molar refractivity (Wildman–Crippen MR) is 90.7 cm³/mol. The number of benzene rings is 2. The number of aliphatic hydroxyl groups is 1. The molecule has 8 heteroatoms. The smallest absolute Gasteiger partial charge is 0.416 e. The number of rotatable bonds is 8. The SMILES string of the molecule is CC(O)(CNCc1cccc(OCC(F)F)c1)c1cccc(C(F)(F)F)c1. The molecule has 0 radical (unpaired) electrons. The topological polar surface area (TPSA) is 41.5 Å². The van der Waals surface area contributed by atoms with Crippen molar-refractivity contribution in [2.75, 3.05) is 13.2 Å². The highest BCUT2D eigenvalue weighted by Gasteiger charge is 2.32. The van der Waals surface area contributed by atoms with Gasteiger partial charge in [-0.05, 0) is 42.3 Å². The van der Waals surface area contributed by atoms with E-state index in [1.165, 1.54) is 19.1 Å². The lowest BCUT2D eigenvalue weighted by atomic mass is 9.94. The van der Waals surface area contributed by atoms with Crippen molar-refractivity contribution in [3.63, 3.8) is 0 Å². The number of ether oxygens (including phenoxy) is 1. The molecule has 2 rings (SSSR count). The number of hydrogen-bond acceptors (Lipinski definition) is 3. The third-order valence-electron chi connectivity index (χ3n) is 3.88. The minimum atomic E-state index is -4.49. The van der Waals surface area contributed by atoms with Crippen molar-refractivity contribution in [1.82, 2.24) is 5.32 Å². The summed E-state index contributed by atoms with van der Waals surface area (Å²) in [5.74, 6) is 0.291. The summed E-state index contributed by atoms with van der Waals surface area (Å²) in [6.07, 6.45) is -7.06. The quantitative estimate of drug-likeness (QED) is 0.660. The van der Waals surface area contributed by atoms with Gasteiger partial charge in [0, 0.05) is 13.1 Å². The molecule has 0 fully saturated rings. The van der Waals surface area contributed by atoms with Gasteiger partial charge < -0.3 is 15.2 Å². The van der Waals surface area contributed by atoms with E-state index < -0.39 is 30.4 Å². The molecular weight excluding hydrogens is 369 g/mol. The monoisotopic (exact) mass is 389 g/mol. The van der Waals surface area contributed by atoms with Crippen molar-refractivity contribution < 1.29 is 31.8 Å². The van der Waals surface area contributed by atoms with Gasteiger partial charge in [-0.2, -0.15) is 13.2 Å². The zero-order valence-electron chi connectivity index (χ0n) is 14.6. The Labute approximate surface area is 153 Å². The predicted octanol–water partition coefficient (Wildman–Crippen LogP) is 4.35. The third kappa shape index (κ3) is 6.48. The van der Waals surface area contributed by atoms with Gasteiger partial charge in [-0.25, -0.2) is 8.78 Å². The Morgan fingerprint density at radius 1 is 1.04 bits per heavy atom. The first-order chi connectivity index (χ1) is 12.6. The second kappa shape index (κ2) is 8.67. The van der Waals surface area contributed by atoms with Crippen molar-refractivity contribution in [2.45, 2.75) is 31.7 Å². The van der Waals surface area contributed by atoms with E-state index in [1.54, 1.807) is 24.3 Å². The lowest BCUT2D eigenvalue weighted by molar-refractivity contribution is -0.137. The van der Waals surface area contributed by atoms with E-state index in [2.05, 4.69) is 5.32 Å². The lowest BCUT2D eigenvalue weighted by Gasteiger charge is -2.25. The van der Waals surface area contributed by atoms with E-state index in [0.717, 1.165) is 17.7 Å². The molecule has 0 bridgehead atoms. The van der Waals surface area contributed by atoms with Crippen LogP contribution in [-0.2, 0) is 18.3 Å². The Kier molecular flexibility index (Phi) is 6.78. The molecule has 3 nitrogen and oxygen atoms in total. The third-order valence-corrected chi connectivity index (χ3v) is 3.88. The van der Waals surface area contributed by atoms with E-state index in [0.29, 0.717) is 5.75 Å². The van der Waals surface area contributed by atoms with Crippen molar-refractivity contribution in [3.8, 4) is 5.75 Å². The van der Waals surface area contributed by atoms with Gasteiger partial charge in [0.1, 0.15) is 12.4 Å². The molecule has 0 aliphatic rings. The van der Waals surface area contributed by atoms with Gasteiger partial charge in [0.25, 0.3) is 6.43 Å². The summed E-state index contributed by atoms with van der Waals surface area (Å²) < 4.78 is 67.8. The number of alkyl halides is 5. The van der Waals surface area contributed by atoms with Crippen molar-refractivity contribution in [3.05, 3.63) is 65.2 Å². The van der Waals surface area contributed by atoms with Gasteiger partial charge in [0.2, 0.25) is 0 Å². The zero-order valence-corrected chi connectivity index (χ0v) is 14.6. The average Bonchev–Trinajstić information content (AvgIpc) is 2.59. The summed E-state index contributed by atoms with van der Waals surface area (Å²) in [4.78, 5) is 0. The van der Waals surface area contributed by atoms with Crippen molar-refractivity contribution in [2.24, 2.45) is 0 Å². The largest absolute Gasteiger partial charge is 0.488 e. The molecule has 148 valence electrons. The van der Waals surface area contributed by atoms with Gasteiger partial charge in [0.05, 0.1) is 11.2 Å². The second-order valence-corrected chi connectivity index (χ2v) is 6.31. The van der Waals surface area contributed by atoms with Crippen LogP contribution in [0.5, 0.6) is 5.75 Å². The van der Waals surface area contributed by atoms with E-state index in [-0.39, 0.29) is 18.7 Å². The van der Waals surface area contributed by atoms with Crippen LogP contribution in [0, 0.1) is 0 Å². The maximum Gasteiger partial charge on any atom is 0.416 e. The molecule has 0 amide bonds. The molecule has 1 unspecified atom stereocenters. The number of nitrogens with one attached hydrogen (secondary N) is 1. The summed E-state index contributed by atoms with van der Waals surface area (Å²) in [5, 5.41) is 13.5. The van der Waals surface area contributed by atoms with Crippen molar-refractivity contribution in [1.29, 1.82) is 0 Å². The summed E-state index contributed by atoms with van der Waals surface area (Å²) in [7, 11) is 0. The van der Waals surface area contributed by atoms with Gasteiger partial charge in [-0.15, -0.1) is 0 Å². The number of halogens is 5. The maximum atomic E-state index is 12.8. The average molecular weight is 389 g/mol. The standard InChI is InChI=1S/C19H20F5NO2/c1-18(26,14-5-3-6-15(9-14)19(22,23)24)12-25-10-13-4-2-7-16(8-13)27-11-17(20)21/h2-9,17,25-26H,10-12H2,1H3. The summed E-state index contributed by atoms with van der Waals surface area (Å²) in [6, 6.07) is 11.0. The second-order valence-electron chi connectivity index (χ2n) is 6.31. The van der Waals surface area contributed by atoms with Crippen LogP contribution in [0.25, 0.3) is 0 Å². The first-order valence-electron chi connectivity index (χ1n) is 8.18. The molecule has 0 aliphatic heterocycles. The first-order valence-corrected chi connectivity index (χ1v) is 8.18. The van der Waals surface area contributed by atoms with Crippen LogP contribution in [0.2, 0.25) is 0 Å². The van der Waals surface area contributed by atoms with E-state index in [9.17, 15) is 27.1 Å². The van der Waals surface area contributed by atoms with Crippen LogP contribution < -0.4 is 10.1 Å². The Morgan fingerprint density at radius 2 is 1.70 bits per heavy atom. The molecule has 2 aromatic rings. The molecule has 0 spiro atoms. The summed E-state index contributed by atoms with van der Waals surface area (Å²) >= 11 is 0. The van der Waals surface area contributed by atoms with Crippen LogP contribution in [0.3, 0.4) is 0 Å². The molecule has 0 aromatic heterocycles. The highest BCUT2D eigenvalue weighted by molar-refractivity contribution is 5.30. The van der Waals surface area contributed by atoms with Gasteiger partial charge in [-0.1, -0.05) is 24.3 Å². The fraction of sp³-hybridized carbons (Fsp3) is 0.368. The maximum absolute atomic E-state index is 12.8. The lowest BCUT2D eigenvalue weighted by Crippen LogP contribution is -2.35. The Hall–Kier alpha value is -2.19. The normalized spacial score (nSPS) is 14.2. The fourth-order valence-corrected chi connectivity index (χ4v) is 2.49. The van der Waals surface area contributed by atoms with Crippen LogP contribution >= 0.6 is 0 Å². The molecule has 0 saturated carbocycles.